The number of methoxy groups -OCH3 is 1. The van der Waals surface area contributed by atoms with Crippen LogP contribution in [-0.4, -0.2) is 18.2 Å². The Morgan fingerprint density at radius 2 is 1.57 bits per heavy atom. The topological polar surface area (TPSA) is 55.8 Å². The van der Waals surface area contributed by atoms with Crippen LogP contribution in [0.5, 0.6) is 17.2 Å². The number of phenols is 1. The maximum Gasteiger partial charge on any atom is 0.308 e. The number of rotatable bonds is 15. The Balaban J connectivity index is 2.23. The van der Waals surface area contributed by atoms with Gasteiger partial charge in [-0.15, -0.1) is 0 Å². The van der Waals surface area contributed by atoms with Gasteiger partial charge in [-0.3, -0.25) is 4.79 Å². The van der Waals surface area contributed by atoms with Gasteiger partial charge in [-0.1, -0.05) is 64.0 Å². The molecule has 0 unspecified atom stereocenters. The second kappa shape index (κ2) is 15.0. The molecule has 0 aromatic heterocycles. The molecular weight excluding hydrogens is 352 g/mol. The van der Waals surface area contributed by atoms with E-state index in [0.717, 1.165) is 24.8 Å². The van der Waals surface area contributed by atoms with E-state index in [1.165, 1.54) is 77.9 Å². The summed E-state index contributed by atoms with van der Waals surface area (Å²) in [6.07, 6.45) is 18.9. The van der Waals surface area contributed by atoms with Gasteiger partial charge in [-0.2, -0.15) is 0 Å². The second-order valence-electron chi connectivity index (χ2n) is 7.36. The molecule has 0 fully saturated rings. The molecule has 0 aliphatic carbocycles. The standard InChI is InChI=1S/C24H38O4/c1-4-5-6-7-8-9-10-11-12-13-14-15-16-17-21-18-22(26)19-23(27-3)24(21)28-20(2)25/h7-8,18-19,26H,4-6,9-17H2,1-3H3/b8-7+. The summed E-state index contributed by atoms with van der Waals surface area (Å²) < 4.78 is 10.6. The monoisotopic (exact) mass is 390 g/mol. The number of allylic oxidation sites excluding steroid dienone is 2. The fourth-order valence-corrected chi connectivity index (χ4v) is 3.26. The summed E-state index contributed by atoms with van der Waals surface area (Å²) in [7, 11) is 1.51. The fourth-order valence-electron chi connectivity index (χ4n) is 3.26. The number of aromatic hydroxyl groups is 1. The van der Waals surface area contributed by atoms with Crippen LogP contribution in [0.15, 0.2) is 24.3 Å². The number of ether oxygens (including phenoxy) is 2. The number of hydrogen-bond donors (Lipinski definition) is 1. The number of aryl methyl sites for hydroxylation is 1. The number of carbonyl (C=O) groups is 1. The Labute approximate surface area is 170 Å². The minimum atomic E-state index is -0.384. The first-order valence-electron chi connectivity index (χ1n) is 10.8. The molecule has 0 radical (unpaired) electrons. The van der Waals surface area contributed by atoms with E-state index < -0.39 is 0 Å². The van der Waals surface area contributed by atoms with Crippen molar-refractivity contribution in [1.29, 1.82) is 0 Å². The van der Waals surface area contributed by atoms with Crippen molar-refractivity contribution in [3.05, 3.63) is 29.8 Å². The Morgan fingerprint density at radius 1 is 0.964 bits per heavy atom. The van der Waals surface area contributed by atoms with Crippen LogP contribution in [0.2, 0.25) is 0 Å². The molecule has 1 rings (SSSR count). The van der Waals surface area contributed by atoms with E-state index in [-0.39, 0.29) is 11.7 Å². The zero-order valence-electron chi connectivity index (χ0n) is 18.0. The van der Waals surface area contributed by atoms with Crippen LogP contribution < -0.4 is 9.47 Å². The molecule has 28 heavy (non-hydrogen) atoms. The van der Waals surface area contributed by atoms with Gasteiger partial charge in [0.1, 0.15) is 5.75 Å². The molecule has 4 nitrogen and oxygen atoms in total. The molecule has 1 aromatic rings. The van der Waals surface area contributed by atoms with E-state index in [0.29, 0.717) is 11.5 Å². The van der Waals surface area contributed by atoms with Crippen molar-refractivity contribution >= 4 is 5.97 Å². The average molecular weight is 391 g/mol. The lowest BCUT2D eigenvalue weighted by molar-refractivity contribution is -0.132. The average Bonchev–Trinajstić information content (AvgIpc) is 2.66. The van der Waals surface area contributed by atoms with Crippen molar-refractivity contribution in [2.45, 2.75) is 90.9 Å². The van der Waals surface area contributed by atoms with Gasteiger partial charge in [0.15, 0.2) is 11.5 Å². The Morgan fingerprint density at radius 3 is 2.18 bits per heavy atom. The minimum absolute atomic E-state index is 0.131. The number of hydrogen-bond acceptors (Lipinski definition) is 4. The maximum atomic E-state index is 11.4. The number of phenolic OH excluding ortho intramolecular Hbond substituents is 1. The molecular formula is C24H38O4. The minimum Gasteiger partial charge on any atom is -0.508 e. The second-order valence-corrected chi connectivity index (χ2v) is 7.36. The quantitative estimate of drug-likeness (QED) is 0.156. The third-order valence-electron chi connectivity index (χ3n) is 4.79. The highest BCUT2D eigenvalue weighted by Gasteiger charge is 2.15. The van der Waals surface area contributed by atoms with E-state index in [2.05, 4.69) is 19.1 Å². The smallest absolute Gasteiger partial charge is 0.308 e. The SMILES string of the molecule is CCCC/C=C/CCCCCCCCCc1cc(O)cc(OC)c1OC(C)=O. The molecule has 0 aliphatic rings. The van der Waals surface area contributed by atoms with Gasteiger partial charge in [0.2, 0.25) is 0 Å². The van der Waals surface area contributed by atoms with Crippen molar-refractivity contribution in [2.24, 2.45) is 0 Å². The molecule has 0 heterocycles. The highest BCUT2D eigenvalue weighted by atomic mass is 16.6. The number of unbranched alkanes of at least 4 members (excludes halogenated alkanes) is 9. The lowest BCUT2D eigenvalue weighted by Gasteiger charge is -2.14. The summed E-state index contributed by atoms with van der Waals surface area (Å²) in [6, 6.07) is 3.13. The molecule has 0 bridgehead atoms. The first-order valence-corrected chi connectivity index (χ1v) is 10.8. The lowest BCUT2D eigenvalue weighted by atomic mass is 10.0. The van der Waals surface area contributed by atoms with Gasteiger partial charge >= 0.3 is 5.97 Å². The number of benzene rings is 1. The summed E-state index contributed by atoms with van der Waals surface area (Å²) in [6.45, 7) is 3.60. The van der Waals surface area contributed by atoms with Gasteiger partial charge in [-0.25, -0.2) is 0 Å². The number of esters is 1. The van der Waals surface area contributed by atoms with Crippen molar-refractivity contribution in [2.75, 3.05) is 7.11 Å². The summed E-state index contributed by atoms with van der Waals surface area (Å²) in [5.41, 5.74) is 0.821. The Hall–Kier alpha value is -1.97. The van der Waals surface area contributed by atoms with Crippen molar-refractivity contribution in [1.82, 2.24) is 0 Å². The molecule has 0 amide bonds. The van der Waals surface area contributed by atoms with Crippen LogP contribution in [0.1, 0.15) is 90.0 Å². The molecule has 1 aromatic carbocycles. The Bertz CT molecular complexity index is 593. The van der Waals surface area contributed by atoms with Crippen molar-refractivity contribution in [3.63, 3.8) is 0 Å². The molecule has 0 aliphatic heterocycles. The first kappa shape index (κ1) is 24.1. The van der Waals surface area contributed by atoms with E-state index in [1.54, 1.807) is 6.07 Å². The maximum absolute atomic E-state index is 11.4. The number of carbonyl (C=O) groups excluding carboxylic acids is 1. The van der Waals surface area contributed by atoms with E-state index in [9.17, 15) is 9.90 Å². The molecule has 158 valence electrons. The zero-order chi connectivity index (χ0) is 20.6. The van der Waals surface area contributed by atoms with Crippen LogP contribution in [-0.2, 0) is 11.2 Å². The Kier molecular flexibility index (Phi) is 12.9. The largest absolute Gasteiger partial charge is 0.508 e. The molecule has 0 atom stereocenters. The third kappa shape index (κ3) is 10.4. The van der Waals surface area contributed by atoms with Crippen LogP contribution in [0, 0.1) is 0 Å². The zero-order valence-corrected chi connectivity index (χ0v) is 18.0. The van der Waals surface area contributed by atoms with Gasteiger partial charge in [-0.05, 0) is 38.2 Å². The van der Waals surface area contributed by atoms with E-state index in [4.69, 9.17) is 9.47 Å². The van der Waals surface area contributed by atoms with Crippen LogP contribution in [0.4, 0.5) is 0 Å². The van der Waals surface area contributed by atoms with Crippen LogP contribution in [0.3, 0.4) is 0 Å². The van der Waals surface area contributed by atoms with E-state index in [1.807, 2.05) is 0 Å². The van der Waals surface area contributed by atoms with Crippen LogP contribution >= 0.6 is 0 Å². The highest BCUT2D eigenvalue weighted by molar-refractivity contribution is 5.71. The predicted octanol–water partition coefficient (Wildman–Crippen LogP) is 6.74. The lowest BCUT2D eigenvalue weighted by Crippen LogP contribution is -2.06. The highest BCUT2D eigenvalue weighted by Crippen LogP contribution is 2.36. The van der Waals surface area contributed by atoms with Gasteiger partial charge in [0, 0.05) is 18.6 Å². The molecule has 0 saturated carbocycles. The van der Waals surface area contributed by atoms with Crippen molar-refractivity contribution in [3.8, 4) is 17.2 Å². The normalized spacial score (nSPS) is 11.1. The molecule has 0 saturated heterocycles. The van der Waals surface area contributed by atoms with E-state index >= 15 is 0 Å². The van der Waals surface area contributed by atoms with Gasteiger partial charge in [0.25, 0.3) is 0 Å². The fraction of sp³-hybridized carbons (Fsp3) is 0.625. The molecule has 4 heteroatoms. The van der Waals surface area contributed by atoms with Gasteiger partial charge in [0.05, 0.1) is 7.11 Å². The molecule has 1 N–H and O–H groups in total. The predicted molar refractivity (Wildman–Crippen MR) is 115 cm³/mol. The summed E-state index contributed by atoms with van der Waals surface area (Å²) >= 11 is 0. The summed E-state index contributed by atoms with van der Waals surface area (Å²) in [5, 5.41) is 9.86. The van der Waals surface area contributed by atoms with Crippen LogP contribution in [0.25, 0.3) is 0 Å². The summed E-state index contributed by atoms with van der Waals surface area (Å²) in [4.78, 5) is 11.4. The molecule has 0 spiro atoms. The first-order chi connectivity index (χ1) is 13.6. The summed E-state index contributed by atoms with van der Waals surface area (Å²) in [5.74, 6) is 0.575. The van der Waals surface area contributed by atoms with Gasteiger partial charge < -0.3 is 14.6 Å². The third-order valence-corrected chi connectivity index (χ3v) is 4.79. The van der Waals surface area contributed by atoms with Crippen molar-refractivity contribution < 1.29 is 19.4 Å².